The maximum Gasteiger partial charge on any atom is 0.165 e. The second kappa shape index (κ2) is 6.78. The summed E-state index contributed by atoms with van der Waals surface area (Å²) in [5.74, 6) is 1.73. The summed E-state index contributed by atoms with van der Waals surface area (Å²) in [6.45, 7) is 8.57. The highest BCUT2D eigenvalue weighted by molar-refractivity contribution is 5.37. The van der Waals surface area contributed by atoms with Crippen molar-refractivity contribution >= 4 is 0 Å². The van der Waals surface area contributed by atoms with E-state index in [1.54, 1.807) is 6.07 Å². The van der Waals surface area contributed by atoms with Crippen LogP contribution in [0, 0.1) is 23.6 Å². The molecule has 0 saturated heterocycles. The molecule has 0 amide bonds. The monoisotopic (exact) mass is 293 g/mol. The molecule has 2 nitrogen and oxygen atoms in total. The number of nitrogens with two attached hydrogens (primary N) is 1. The third kappa shape index (κ3) is 3.76. The van der Waals surface area contributed by atoms with Gasteiger partial charge in [0.2, 0.25) is 0 Å². The summed E-state index contributed by atoms with van der Waals surface area (Å²) in [6.07, 6.45) is 3.48. The van der Waals surface area contributed by atoms with Gasteiger partial charge in [-0.2, -0.15) is 0 Å². The minimum Gasteiger partial charge on any atom is -0.487 e. The summed E-state index contributed by atoms with van der Waals surface area (Å²) in [7, 11) is 0. The quantitative estimate of drug-likeness (QED) is 0.874. The van der Waals surface area contributed by atoms with Gasteiger partial charge in [-0.05, 0) is 43.6 Å². The highest BCUT2D eigenvalue weighted by Crippen LogP contribution is 2.38. The van der Waals surface area contributed by atoms with Gasteiger partial charge < -0.3 is 10.5 Å². The predicted molar refractivity (Wildman–Crippen MR) is 84.8 cm³/mol. The zero-order valence-electron chi connectivity index (χ0n) is 13.6. The molecule has 1 saturated carbocycles. The van der Waals surface area contributed by atoms with Gasteiger partial charge in [0.1, 0.15) is 6.10 Å². The van der Waals surface area contributed by atoms with Crippen molar-refractivity contribution in [2.75, 3.05) is 0 Å². The van der Waals surface area contributed by atoms with Gasteiger partial charge in [-0.3, -0.25) is 0 Å². The first-order valence-corrected chi connectivity index (χ1v) is 8.10. The van der Waals surface area contributed by atoms with Crippen LogP contribution < -0.4 is 10.5 Å². The van der Waals surface area contributed by atoms with Crippen LogP contribution >= 0.6 is 0 Å². The Bertz CT molecular complexity index is 472. The molecule has 1 fully saturated rings. The topological polar surface area (TPSA) is 35.2 Å². The smallest absolute Gasteiger partial charge is 0.165 e. The Hall–Kier alpha value is -1.09. The Morgan fingerprint density at radius 1 is 1.24 bits per heavy atom. The molecule has 1 aliphatic carbocycles. The largest absolute Gasteiger partial charge is 0.487 e. The fourth-order valence-corrected chi connectivity index (χ4v) is 3.41. The minimum absolute atomic E-state index is 0.0862. The molecule has 118 valence electrons. The van der Waals surface area contributed by atoms with Crippen LogP contribution in [0.2, 0.25) is 0 Å². The molecule has 0 bridgehead atoms. The zero-order valence-corrected chi connectivity index (χ0v) is 13.6. The van der Waals surface area contributed by atoms with Gasteiger partial charge in [-0.25, -0.2) is 4.39 Å². The molecule has 2 N–H and O–H groups in total. The van der Waals surface area contributed by atoms with Crippen molar-refractivity contribution in [1.82, 2.24) is 0 Å². The van der Waals surface area contributed by atoms with Crippen molar-refractivity contribution in [3.63, 3.8) is 0 Å². The van der Waals surface area contributed by atoms with Gasteiger partial charge >= 0.3 is 0 Å². The van der Waals surface area contributed by atoms with Gasteiger partial charge in [0.15, 0.2) is 11.6 Å². The van der Waals surface area contributed by atoms with E-state index in [4.69, 9.17) is 10.5 Å². The molecule has 0 heterocycles. The number of ether oxygens (including phenoxy) is 1. The fraction of sp³-hybridized carbons (Fsp3) is 0.667. The Morgan fingerprint density at radius 2 is 1.95 bits per heavy atom. The van der Waals surface area contributed by atoms with Crippen LogP contribution in [0.15, 0.2) is 18.2 Å². The van der Waals surface area contributed by atoms with E-state index >= 15 is 0 Å². The maximum atomic E-state index is 14.2. The fourth-order valence-electron chi connectivity index (χ4n) is 3.41. The number of rotatable bonds is 4. The molecule has 4 atom stereocenters. The predicted octanol–water partition coefficient (Wildman–Crippen LogP) is 4.69. The lowest BCUT2D eigenvalue weighted by molar-refractivity contribution is 0.0421. The van der Waals surface area contributed by atoms with Gasteiger partial charge in [0.25, 0.3) is 0 Å². The van der Waals surface area contributed by atoms with Crippen molar-refractivity contribution in [2.24, 2.45) is 23.5 Å². The van der Waals surface area contributed by atoms with Crippen molar-refractivity contribution in [3.05, 3.63) is 29.6 Å². The molecule has 0 aliphatic heterocycles. The Balaban J connectivity index is 2.26. The van der Waals surface area contributed by atoms with Gasteiger partial charge in [0, 0.05) is 11.6 Å². The first kappa shape index (κ1) is 16.3. The van der Waals surface area contributed by atoms with Crippen LogP contribution in [-0.2, 0) is 0 Å². The van der Waals surface area contributed by atoms with E-state index in [1.807, 2.05) is 13.0 Å². The van der Waals surface area contributed by atoms with E-state index in [2.05, 4.69) is 20.8 Å². The second-order valence-corrected chi connectivity index (χ2v) is 6.93. The van der Waals surface area contributed by atoms with Crippen LogP contribution in [0.5, 0.6) is 5.75 Å². The standard InChI is InChI=1S/C18H28FNO/c1-11(2)14-9-8-12(3)10-17(14)21-18-15(13(4)20)6-5-7-16(18)19/h5-7,11-14,17H,8-10,20H2,1-4H3/t12?,13-,14?,17?/m0/s1. The number of halogens is 1. The highest BCUT2D eigenvalue weighted by atomic mass is 19.1. The Labute approximate surface area is 127 Å². The summed E-state index contributed by atoms with van der Waals surface area (Å²) in [5, 5.41) is 0. The molecule has 2 rings (SSSR count). The first-order chi connectivity index (χ1) is 9.90. The molecular weight excluding hydrogens is 265 g/mol. The van der Waals surface area contributed by atoms with Crippen LogP contribution in [0.4, 0.5) is 4.39 Å². The van der Waals surface area contributed by atoms with Crippen LogP contribution in [-0.4, -0.2) is 6.10 Å². The lowest BCUT2D eigenvalue weighted by Gasteiger charge is -2.37. The van der Waals surface area contributed by atoms with Gasteiger partial charge in [-0.15, -0.1) is 0 Å². The lowest BCUT2D eigenvalue weighted by atomic mass is 9.75. The number of hydrogen-bond donors (Lipinski definition) is 1. The minimum atomic E-state index is -0.300. The van der Waals surface area contributed by atoms with E-state index in [-0.39, 0.29) is 18.0 Å². The van der Waals surface area contributed by atoms with Gasteiger partial charge in [-0.1, -0.05) is 39.3 Å². The number of hydrogen-bond acceptors (Lipinski definition) is 2. The van der Waals surface area contributed by atoms with Crippen molar-refractivity contribution in [1.29, 1.82) is 0 Å². The maximum absolute atomic E-state index is 14.2. The van der Waals surface area contributed by atoms with Crippen LogP contribution in [0.3, 0.4) is 0 Å². The average Bonchev–Trinajstić information content (AvgIpc) is 2.40. The van der Waals surface area contributed by atoms with Crippen molar-refractivity contribution in [2.45, 2.75) is 59.1 Å². The second-order valence-electron chi connectivity index (χ2n) is 6.93. The highest BCUT2D eigenvalue weighted by Gasteiger charge is 2.33. The zero-order chi connectivity index (χ0) is 15.6. The van der Waals surface area contributed by atoms with E-state index in [1.165, 1.54) is 12.5 Å². The molecule has 1 aromatic rings. The summed E-state index contributed by atoms with van der Waals surface area (Å²) in [6, 6.07) is 4.79. The first-order valence-electron chi connectivity index (χ1n) is 8.10. The van der Waals surface area contributed by atoms with Crippen molar-refractivity contribution in [3.8, 4) is 5.75 Å². The third-order valence-electron chi connectivity index (χ3n) is 4.72. The summed E-state index contributed by atoms with van der Waals surface area (Å²) in [5.41, 5.74) is 6.72. The molecule has 0 spiro atoms. The molecule has 0 aromatic heterocycles. The molecule has 3 heteroatoms. The Kier molecular flexibility index (Phi) is 5.26. The SMILES string of the molecule is CC1CCC(C(C)C)C(Oc2c(F)cccc2[C@H](C)N)C1. The van der Waals surface area contributed by atoms with E-state index in [0.717, 1.165) is 18.4 Å². The summed E-state index contributed by atoms with van der Waals surface area (Å²) < 4.78 is 20.4. The number of para-hydroxylation sites is 1. The average molecular weight is 293 g/mol. The number of benzene rings is 1. The van der Waals surface area contributed by atoms with Gasteiger partial charge in [0.05, 0.1) is 0 Å². The molecule has 0 radical (unpaired) electrons. The molecule has 1 aliphatic rings. The lowest BCUT2D eigenvalue weighted by Crippen LogP contribution is -2.37. The van der Waals surface area contributed by atoms with E-state index in [0.29, 0.717) is 23.5 Å². The van der Waals surface area contributed by atoms with Crippen LogP contribution in [0.25, 0.3) is 0 Å². The summed E-state index contributed by atoms with van der Waals surface area (Å²) in [4.78, 5) is 0. The van der Waals surface area contributed by atoms with Crippen LogP contribution in [0.1, 0.15) is 58.6 Å². The third-order valence-corrected chi connectivity index (χ3v) is 4.72. The normalized spacial score (nSPS) is 27.7. The molecule has 3 unspecified atom stereocenters. The molecular formula is C18H28FNO. The van der Waals surface area contributed by atoms with E-state index < -0.39 is 0 Å². The Morgan fingerprint density at radius 3 is 2.57 bits per heavy atom. The summed E-state index contributed by atoms with van der Waals surface area (Å²) >= 11 is 0. The van der Waals surface area contributed by atoms with E-state index in [9.17, 15) is 4.39 Å². The molecule has 21 heavy (non-hydrogen) atoms. The molecule has 1 aromatic carbocycles. The van der Waals surface area contributed by atoms with Crippen molar-refractivity contribution < 1.29 is 9.13 Å².